The van der Waals surface area contributed by atoms with Crippen molar-refractivity contribution in [2.45, 2.75) is 122 Å². The summed E-state index contributed by atoms with van der Waals surface area (Å²) in [6, 6.07) is 2.95. The van der Waals surface area contributed by atoms with E-state index in [-0.39, 0.29) is 36.0 Å². The van der Waals surface area contributed by atoms with Crippen LogP contribution in [-0.4, -0.2) is 65.3 Å². The molecule has 5 rings (SSSR count). The monoisotopic (exact) mass is 679 g/mol. The Morgan fingerprint density at radius 2 is 1.82 bits per heavy atom. The number of allylic oxidation sites excluding steroid dienone is 1. The van der Waals surface area contributed by atoms with Gasteiger partial charge in [-0.15, -0.1) is 13.2 Å². The number of alkyl carbamates (subject to hydrolysis) is 1. The maximum absolute atomic E-state index is 14.4. The highest BCUT2D eigenvalue weighted by molar-refractivity contribution is 5.94. The molecule has 2 aliphatic carbocycles. The molecule has 268 valence electrons. The number of hydrogen-bond donors (Lipinski definition) is 2. The summed E-state index contributed by atoms with van der Waals surface area (Å²) in [4.78, 5) is 56.4. The normalized spacial score (nSPS) is 25.8. The lowest BCUT2D eigenvalue weighted by atomic mass is 9.85. The van der Waals surface area contributed by atoms with E-state index in [2.05, 4.69) is 23.8 Å². The summed E-state index contributed by atoms with van der Waals surface area (Å²) < 4.78 is 23.1. The van der Waals surface area contributed by atoms with Crippen molar-refractivity contribution in [1.82, 2.24) is 15.5 Å². The molecular weight excluding hydrogens is 626 g/mol. The zero-order valence-corrected chi connectivity index (χ0v) is 29.5. The highest BCUT2D eigenvalue weighted by atomic mass is 16.6. The van der Waals surface area contributed by atoms with Gasteiger partial charge in [0, 0.05) is 29.5 Å². The van der Waals surface area contributed by atoms with E-state index in [1.807, 2.05) is 31.2 Å². The summed E-state index contributed by atoms with van der Waals surface area (Å²) in [5.41, 5.74) is 0.742. The molecule has 11 heteroatoms. The molecule has 0 saturated heterocycles. The van der Waals surface area contributed by atoms with E-state index in [4.69, 9.17) is 18.9 Å². The Kier molecular flexibility index (Phi) is 11.3. The van der Waals surface area contributed by atoms with E-state index >= 15 is 0 Å². The predicted octanol–water partition coefficient (Wildman–Crippen LogP) is 6.37. The minimum atomic E-state index is -0.850. The second kappa shape index (κ2) is 15.3. The van der Waals surface area contributed by atoms with Crippen LogP contribution < -0.4 is 20.1 Å². The fourth-order valence-electron chi connectivity index (χ4n) is 7.45. The van der Waals surface area contributed by atoms with Gasteiger partial charge < -0.3 is 29.6 Å². The highest BCUT2D eigenvalue weighted by Gasteiger charge is 2.54. The zero-order valence-electron chi connectivity index (χ0n) is 29.5. The Labute approximate surface area is 290 Å². The van der Waals surface area contributed by atoms with Gasteiger partial charge in [-0.25, -0.2) is 9.59 Å². The minimum Gasteiger partial charge on any atom is -0.486 e. The summed E-state index contributed by atoms with van der Waals surface area (Å²) >= 11 is 0. The number of fused-ring (bicyclic) bond motifs is 3. The van der Waals surface area contributed by atoms with Gasteiger partial charge in [0.1, 0.15) is 24.9 Å². The topological polar surface area (TPSA) is 132 Å². The lowest BCUT2D eigenvalue weighted by Crippen LogP contribution is -2.49. The van der Waals surface area contributed by atoms with Gasteiger partial charge in [0.05, 0.1) is 18.5 Å². The standard InChI is InChI=1S/C38H53N3O8/c1-7-10-11-12-13-14-30(39-35(44)49-37(4,5)6)32(42)27-19-26(20-28(27)34(43)40-38(9-3)21-25(38)8-2)48-36(45)41-22-24-15-16-31-33(29(24)23-41)47-18-17-46-31/h7-8,15-16,25-28,30H,1-2,9-14,17-23H2,3-6H3,(H,39,44)(H,40,43)/t25-,26+,27?,28-,30+,38-/m1/s1. The fraction of sp³-hybridized carbons (Fsp3) is 0.632. The second-order valence-electron chi connectivity index (χ2n) is 14.8. The van der Waals surface area contributed by atoms with Gasteiger partial charge in [-0.3, -0.25) is 14.5 Å². The van der Waals surface area contributed by atoms with Crippen LogP contribution in [0.2, 0.25) is 0 Å². The van der Waals surface area contributed by atoms with Crippen molar-refractivity contribution in [2.75, 3.05) is 13.2 Å². The number of rotatable bonds is 14. The Balaban J connectivity index is 1.32. The maximum Gasteiger partial charge on any atom is 0.410 e. The maximum atomic E-state index is 14.4. The lowest BCUT2D eigenvalue weighted by Gasteiger charge is -2.27. The molecule has 1 aromatic carbocycles. The van der Waals surface area contributed by atoms with Crippen LogP contribution in [0.15, 0.2) is 37.4 Å². The van der Waals surface area contributed by atoms with Crippen molar-refractivity contribution in [3.05, 3.63) is 48.6 Å². The molecule has 2 saturated carbocycles. The SMILES string of the molecule is C=CCCCCC[C@H](NC(=O)OC(C)(C)C)C(=O)C1C[C@H](OC(=O)N2Cc3ccc4c(c3C2)OCCO4)C[C@H]1C(=O)N[C@]1(CC)C[C@H]1C=C. The first-order valence-corrected chi connectivity index (χ1v) is 17.8. The quantitative estimate of drug-likeness (QED) is 0.171. The van der Waals surface area contributed by atoms with Gasteiger partial charge in [0.2, 0.25) is 5.91 Å². The molecule has 0 radical (unpaired) electrons. The van der Waals surface area contributed by atoms with Crippen molar-refractivity contribution in [3.63, 3.8) is 0 Å². The van der Waals surface area contributed by atoms with Crippen LogP contribution in [0, 0.1) is 17.8 Å². The third-order valence-corrected chi connectivity index (χ3v) is 10.2. The first kappa shape index (κ1) is 36.3. The number of carbonyl (C=O) groups excluding carboxylic acids is 4. The molecule has 6 atom stereocenters. The Morgan fingerprint density at radius 3 is 2.51 bits per heavy atom. The average molecular weight is 680 g/mol. The van der Waals surface area contributed by atoms with Crippen LogP contribution in [0.4, 0.5) is 9.59 Å². The van der Waals surface area contributed by atoms with Crippen LogP contribution in [0.5, 0.6) is 11.5 Å². The van der Waals surface area contributed by atoms with Crippen LogP contribution in [0.25, 0.3) is 0 Å². The Bertz CT molecular complexity index is 1440. The van der Waals surface area contributed by atoms with Gasteiger partial charge in [0.25, 0.3) is 0 Å². The molecule has 2 N–H and O–H groups in total. The second-order valence-corrected chi connectivity index (χ2v) is 14.8. The molecule has 4 aliphatic rings. The number of ketones is 1. The smallest absolute Gasteiger partial charge is 0.410 e. The number of carbonyl (C=O) groups is 4. The largest absolute Gasteiger partial charge is 0.486 e. The molecule has 3 amide bonds. The number of hydrogen-bond acceptors (Lipinski definition) is 8. The number of Topliss-reactive ketones (excluding diaryl/α,β-unsaturated/α-hetero) is 1. The molecule has 0 bridgehead atoms. The van der Waals surface area contributed by atoms with Gasteiger partial charge >= 0.3 is 12.2 Å². The van der Waals surface area contributed by atoms with Gasteiger partial charge in [0.15, 0.2) is 17.3 Å². The van der Waals surface area contributed by atoms with E-state index < -0.39 is 41.8 Å². The molecule has 49 heavy (non-hydrogen) atoms. The van der Waals surface area contributed by atoms with E-state index in [1.165, 1.54) is 0 Å². The number of unbranched alkanes of at least 4 members (excludes halogenated alkanes) is 3. The van der Waals surface area contributed by atoms with E-state index in [1.54, 1.807) is 25.7 Å². The molecule has 0 spiro atoms. The zero-order chi connectivity index (χ0) is 35.3. The van der Waals surface area contributed by atoms with Gasteiger partial charge in [-0.1, -0.05) is 38.0 Å². The van der Waals surface area contributed by atoms with Gasteiger partial charge in [-0.2, -0.15) is 0 Å². The first-order valence-electron chi connectivity index (χ1n) is 17.8. The number of amides is 3. The van der Waals surface area contributed by atoms with E-state index in [0.717, 1.165) is 43.2 Å². The molecule has 2 heterocycles. The number of ether oxygens (including phenoxy) is 4. The third-order valence-electron chi connectivity index (χ3n) is 10.2. The van der Waals surface area contributed by atoms with Crippen molar-refractivity contribution in [2.24, 2.45) is 17.8 Å². The summed E-state index contributed by atoms with van der Waals surface area (Å²) in [7, 11) is 0. The predicted molar refractivity (Wildman–Crippen MR) is 184 cm³/mol. The number of benzene rings is 1. The molecule has 1 aromatic rings. The van der Waals surface area contributed by atoms with Crippen molar-refractivity contribution in [1.29, 1.82) is 0 Å². The van der Waals surface area contributed by atoms with Crippen LogP contribution >= 0.6 is 0 Å². The molecule has 11 nitrogen and oxygen atoms in total. The molecule has 1 unspecified atom stereocenters. The minimum absolute atomic E-state index is 0.166. The Hall–Kier alpha value is -4.02. The number of nitrogens with one attached hydrogen (secondary N) is 2. The fourth-order valence-corrected chi connectivity index (χ4v) is 7.45. The molecular formula is C38H53N3O8. The third kappa shape index (κ3) is 8.59. The van der Waals surface area contributed by atoms with E-state index in [9.17, 15) is 19.2 Å². The Morgan fingerprint density at radius 1 is 1.06 bits per heavy atom. The van der Waals surface area contributed by atoms with Crippen LogP contribution in [-0.2, 0) is 32.2 Å². The average Bonchev–Trinajstić information content (AvgIpc) is 3.36. The van der Waals surface area contributed by atoms with Crippen LogP contribution in [0.3, 0.4) is 0 Å². The van der Waals surface area contributed by atoms with E-state index in [0.29, 0.717) is 50.6 Å². The molecule has 2 fully saturated rings. The highest BCUT2D eigenvalue weighted by Crippen LogP contribution is 2.48. The van der Waals surface area contributed by atoms with Crippen LogP contribution in [0.1, 0.15) is 96.6 Å². The summed E-state index contributed by atoms with van der Waals surface area (Å²) in [5.74, 6) is -0.459. The first-order chi connectivity index (χ1) is 23.4. The summed E-state index contributed by atoms with van der Waals surface area (Å²) in [6.45, 7) is 16.6. The van der Waals surface area contributed by atoms with Crippen molar-refractivity contribution >= 4 is 23.9 Å². The summed E-state index contributed by atoms with van der Waals surface area (Å²) in [5, 5.41) is 6.04. The lowest BCUT2D eigenvalue weighted by molar-refractivity contribution is -0.134. The number of nitrogens with zero attached hydrogens (tertiary/aromatic N) is 1. The van der Waals surface area contributed by atoms with Crippen molar-refractivity contribution in [3.8, 4) is 11.5 Å². The molecule has 2 aliphatic heterocycles. The van der Waals surface area contributed by atoms with Crippen molar-refractivity contribution < 1.29 is 38.1 Å². The van der Waals surface area contributed by atoms with Gasteiger partial charge in [-0.05, 0) is 77.3 Å². The molecule has 0 aromatic heterocycles. The summed E-state index contributed by atoms with van der Waals surface area (Å²) in [6.07, 6.45) is 7.57.